The third-order valence-corrected chi connectivity index (χ3v) is 3.42. The molecular formula is C19H13FN2O2. The first-order valence-electron chi connectivity index (χ1n) is 7.28. The monoisotopic (exact) mass is 320 g/mol. The fourth-order valence-corrected chi connectivity index (χ4v) is 2.24. The van der Waals surface area contributed by atoms with Crippen LogP contribution in [0, 0.1) is 11.0 Å². The second-order valence-electron chi connectivity index (χ2n) is 5.06. The summed E-state index contributed by atoms with van der Waals surface area (Å²) >= 11 is 0. The van der Waals surface area contributed by atoms with E-state index in [1.807, 2.05) is 6.07 Å². The van der Waals surface area contributed by atoms with Gasteiger partial charge in [0.25, 0.3) is 5.69 Å². The summed E-state index contributed by atoms with van der Waals surface area (Å²) in [4.78, 5) is 13.0. The molecule has 0 bridgehead atoms. The van der Waals surface area contributed by atoms with Crippen LogP contribution in [0.4, 0.5) is 15.8 Å². The smallest absolute Gasteiger partial charge is 0.256 e. The highest BCUT2D eigenvalue weighted by molar-refractivity contribution is 6.11. The molecule has 0 aliphatic carbocycles. The lowest BCUT2D eigenvalue weighted by molar-refractivity contribution is -0.435. The lowest BCUT2D eigenvalue weighted by atomic mass is 10.0. The SMILES string of the molecule is O=C(c1ccc(F)cc1)c1ccccc1[N+]([O-])=Nc1ccccc1. The summed E-state index contributed by atoms with van der Waals surface area (Å²) in [5, 5.41) is 16.3. The predicted molar refractivity (Wildman–Crippen MR) is 88.1 cm³/mol. The number of benzene rings is 3. The second kappa shape index (κ2) is 6.83. The Morgan fingerprint density at radius 2 is 1.50 bits per heavy atom. The van der Waals surface area contributed by atoms with Crippen LogP contribution in [-0.4, -0.2) is 10.6 Å². The van der Waals surface area contributed by atoms with Crippen molar-refractivity contribution < 1.29 is 14.0 Å². The van der Waals surface area contributed by atoms with Gasteiger partial charge in [-0.15, -0.1) is 0 Å². The number of hydrogen-bond donors (Lipinski definition) is 0. The Hall–Kier alpha value is -3.34. The van der Waals surface area contributed by atoms with E-state index in [9.17, 15) is 14.4 Å². The molecular weight excluding hydrogens is 307 g/mol. The van der Waals surface area contributed by atoms with Crippen molar-refractivity contribution in [2.75, 3.05) is 0 Å². The molecule has 0 saturated carbocycles. The van der Waals surface area contributed by atoms with E-state index in [0.717, 1.165) is 0 Å². The zero-order chi connectivity index (χ0) is 16.9. The van der Waals surface area contributed by atoms with Crippen molar-refractivity contribution >= 4 is 17.2 Å². The number of carbonyl (C=O) groups is 1. The molecule has 0 heterocycles. The molecule has 0 amide bonds. The van der Waals surface area contributed by atoms with Gasteiger partial charge in [-0.25, -0.2) is 4.39 Å². The summed E-state index contributed by atoms with van der Waals surface area (Å²) in [6, 6.07) is 20.3. The van der Waals surface area contributed by atoms with Crippen molar-refractivity contribution in [3.05, 3.63) is 101 Å². The molecule has 0 aliphatic rings. The summed E-state index contributed by atoms with van der Waals surface area (Å²) in [5.74, 6) is -0.793. The fourth-order valence-electron chi connectivity index (χ4n) is 2.24. The van der Waals surface area contributed by atoms with Crippen molar-refractivity contribution in [1.29, 1.82) is 0 Å². The van der Waals surface area contributed by atoms with Crippen molar-refractivity contribution in [3.63, 3.8) is 0 Å². The first-order valence-corrected chi connectivity index (χ1v) is 7.28. The van der Waals surface area contributed by atoms with E-state index < -0.39 is 5.82 Å². The number of ketones is 1. The quantitative estimate of drug-likeness (QED) is 0.294. The minimum atomic E-state index is -0.427. The van der Waals surface area contributed by atoms with E-state index in [1.54, 1.807) is 42.5 Å². The zero-order valence-corrected chi connectivity index (χ0v) is 12.6. The zero-order valence-electron chi connectivity index (χ0n) is 12.6. The molecule has 24 heavy (non-hydrogen) atoms. The van der Waals surface area contributed by atoms with Crippen molar-refractivity contribution in [3.8, 4) is 0 Å². The highest BCUT2D eigenvalue weighted by atomic mass is 19.1. The number of para-hydroxylation sites is 1. The molecule has 4 nitrogen and oxygen atoms in total. The van der Waals surface area contributed by atoms with E-state index in [4.69, 9.17) is 0 Å². The maximum absolute atomic E-state index is 13.0. The molecule has 0 N–H and O–H groups in total. The summed E-state index contributed by atoms with van der Waals surface area (Å²) in [7, 11) is 0. The number of hydrogen-bond acceptors (Lipinski definition) is 3. The van der Waals surface area contributed by atoms with E-state index in [2.05, 4.69) is 5.11 Å². The van der Waals surface area contributed by atoms with Crippen molar-refractivity contribution in [2.24, 2.45) is 5.11 Å². The highest BCUT2D eigenvalue weighted by Gasteiger charge is 2.19. The third kappa shape index (κ3) is 3.35. The molecule has 118 valence electrons. The molecule has 0 fully saturated rings. The fraction of sp³-hybridized carbons (Fsp3) is 0. The Morgan fingerprint density at radius 1 is 0.875 bits per heavy atom. The second-order valence-corrected chi connectivity index (χ2v) is 5.06. The van der Waals surface area contributed by atoms with Crippen LogP contribution in [-0.2, 0) is 0 Å². The van der Waals surface area contributed by atoms with Crippen LogP contribution in [0.1, 0.15) is 15.9 Å². The van der Waals surface area contributed by atoms with Crippen LogP contribution in [0.25, 0.3) is 0 Å². The van der Waals surface area contributed by atoms with Crippen LogP contribution in [0.5, 0.6) is 0 Å². The summed E-state index contributed by atoms with van der Waals surface area (Å²) in [6.45, 7) is 0. The molecule has 0 spiro atoms. The minimum absolute atomic E-state index is 0.135. The van der Waals surface area contributed by atoms with Gasteiger partial charge in [0.2, 0.25) is 0 Å². The highest BCUT2D eigenvalue weighted by Crippen LogP contribution is 2.24. The standard InChI is InChI=1S/C19H13FN2O2/c20-15-12-10-14(11-13-15)19(23)17-8-4-5-9-18(17)22(24)21-16-6-2-1-3-7-16/h1-13H. The van der Waals surface area contributed by atoms with Gasteiger partial charge < -0.3 is 5.21 Å². The molecule has 3 aromatic carbocycles. The van der Waals surface area contributed by atoms with E-state index >= 15 is 0 Å². The molecule has 0 radical (unpaired) electrons. The van der Waals surface area contributed by atoms with E-state index in [0.29, 0.717) is 16.1 Å². The summed E-state index contributed by atoms with van der Waals surface area (Å²) < 4.78 is 13.0. The van der Waals surface area contributed by atoms with Gasteiger partial charge in [-0.1, -0.05) is 30.3 Å². The number of halogens is 1. The topological polar surface area (TPSA) is 55.5 Å². The van der Waals surface area contributed by atoms with Gasteiger partial charge in [-0.3, -0.25) is 4.79 Å². The lowest BCUT2D eigenvalue weighted by Gasteiger charge is -2.06. The number of nitrogens with zero attached hydrogens (tertiary/aromatic N) is 2. The molecule has 0 atom stereocenters. The van der Waals surface area contributed by atoms with Gasteiger partial charge >= 0.3 is 0 Å². The Bertz CT molecular complexity index is 891. The minimum Gasteiger partial charge on any atom is -0.594 e. The molecule has 0 aromatic heterocycles. The Kier molecular flexibility index (Phi) is 4.43. The van der Waals surface area contributed by atoms with E-state index in [1.165, 1.54) is 30.3 Å². The first-order chi connectivity index (χ1) is 11.6. The summed E-state index contributed by atoms with van der Waals surface area (Å²) in [6.07, 6.45) is 0. The van der Waals surface area contributed by atoms with Gasteiger partial charge in [0.05, 0.1) is 5.56 Å². The number of azo groups is 1. The van der Waals surface area contributed by atoms with Crippen LogP contribution < -0.4 is 0 Å². The molecule has 0 saturated heterocycles. The lowest BCUT2D eigenvalue weighted by Crippen LogP contribution is -2.05. The van der Waals surface area contributed by atoms with Crippen molar-refractivity contribution in [1.82, 2.24) is 0 Å². The summed E-state index contributed by atoms with van der Waals surface area (Å²) in [5.41, 5.74) is 1.13. The van der Waals surface area contributed by atoms with Crippen LogP contribution in [0.15, 0.2) is 84.0 Å². The Morgan fingerprint density at radius 3 is 2.21 bits per heavy atom. The normalized spacial score (nSPS) is 11.3. The van der Waals surface area contributed by atoms with Crippen LogP contribution >= 0.6 is 0 Å². The number of rotatable bonds is 4. The maximum Gasteiger partial charge on any atom is 0.256 e. The molecule has 5 heteroatoms. The van der Waals surface area contributed by atoms with Gasteiger partial charge in [-0.05, 0) is 47.3 Å². The van der Waals surface area contributed by atoms with Gasteiger partial charge in [0, 0.05) is 16.7 Å². The van der Waals surface area contributed by atoms with Gasteiger partial charge in [0.1, 0.15) is 11.5 Å². The number of carbonyl (C=O) groups excluding carboxylic acids is 1. The Labute approximate surface area is 138 Å². The van der Waals surface area contributed by atoms with Gasteiger partial charge in [0.15, 0.2) is 5.78 Å². The maximum atomic E-state index is 13.0. The van der Waals surface area contributed by atoms with Crippen molar-refractivity contribution in [2.45, 2.75) is 0 Å². The first kappa shape index (κ1) is 15.6. The Balaban J connectivity index is 2.00. The third-order valence-electron chi connectivity index (χ3n) is 3.42. The molecule has 3 aromatic rings. The largest absolute Gasteiger partial charge is 0.594 e. The predicted octanol–water partition coefficient (Wildman–Crippen LogP) is 4.98. The van der Waals surface area contributed by atoms with Gasteiger partial charge in [-0.2, -0.15) is 0 Å². The average Bonchev–Trinajstić information content (AvgIpc) is 2.62. The average molecular weight is 320 g/mol. The van der Waals surface area contributed by atoms with Crippen LogP contribution in [0.2, 0.25) is 0 Å². The molecule has 0 unspecified atom stereocenters. The van der Waals surface area contributed by atoms with Crippen LogP contribution in [0.3, 0.4) is 0 Å². The van der Waals surface area contributed by atoms with E-state index in [-0.39, 0.29) is 17.0 Å². The molecule has 3 rings (SSSR count). The molecule has 0 aliphatic heterocycles.